The number of benzene rings is 1. The minimum Gasteiger partial charge on any atom is -0.485 e. The molecule has 0 atom stereocenters. The smallest absolute Gasteiger partial charge is 0.131 e. The van der Waals surface area contributed by atoms with Crippen LogP contribution in [-0.2, 0) is 12.8 Å². The van der Waals surface area contributed by atoms with Crippen LogP contribution >= 0.6 is 0 Å². The molecule has 0 unspecified atom stereocenters. The van der Waals surface area contributed by atoms with Gasteiger partial charge in [0.25, 0.3) is 0 Å². The van der Waals surface area contributed by atoms with E-state index in [1.165, 1.54) is 30.4 Å². The van der Waals surface area contributed by atoms with Crippen molar-refractivity contribution in [3.63, 3.8) is 0 Å². The molecule has 1 aliphatic carbocycles. The first-order valence-corrected chi connectivity index (χ1v) is 5.77. The molecule has 2 aliphatic rings. The third kappa shape index (κ3) is 1.53. The van der Waals surface area contributed by atoms with E-state index in [0.29, 0.717) is 0 Å². The highest BCUT2D eigenvalue weighted by Gasteiger charge is 2.34. The van der Waals surface area contributed by atoms with Crippen LogP contribution in [0.1, 0.15) is 24.5 Å². The third-order valence-corrected chi connectivity index (χ3v) is 3.46. The van der Waals surface area contributed by atoms with E-state index in [1.807, 2.05) is 0 Å². The number of ether oxygens (including phenoxy) is 1. The van der Waals surface area contributed by atoms with Crippen LogP contribution in [0.4, 0.5) is 0 Å². The van der Waals surface area contributed by atoms with Crippen molar-refractivity contribution in [2.45, 2.75) is 31.8 Å². The molecule has 2 nitrogen and oxygen atoms in total. The lowest BCUT2D eigenvalue weighted by atomic mass is 9.99. The van der Waals surface area contributed by atoms with Crippen LogP contribution in [0.25, 0.3) is 0 Å². The van der Waals surface area contributed by atoms with Crippen molar-refractivity contribution in [2.75, 3.05) is 13.1 Å². The Labute approximate surface area is 90.6 Å². The Kier molecular flexibility index (Phi) is 1.99. The fraction of sp³-hybridized carbons (Fsp3) is 0.538. The zero-order valence-corrected chi connectivity index (χ0v) is 9.18. The SMILES string of the molecule is CC1(Oc2cccc3c2CCC3)CNC1. The van der Waals surface area contributed by atoms with Crippen molar-refractivity contribution in [3.05, 3.63) is 29.3 Å². The van der Waals surface area contributed by atoms with E-state index in [4.69, 9.17) is 4.74 Å². The number of hydrogen-bond acceptors (Lipinski definition) is 2. The van der Waals surface area contributed by atoms with Crippen LogP contribution in [0.15, 0.2) is 18.2 Å². The van der Waals surface area contributed by atoms with E-state index in [1.54, 1.807) is 0 Å². The number of hydrogen-bond donors (Lipinski definition) is 1. The Morgan fingerprint density at radius 1 is 1.27 bits per heavy atom. The number of fused-ring (bicyclic) bond motifs is 1. The van der Waals surface area contributed by atoms with E-state index < -0.39 is 0 Å². The average Bonchev–Trinajstić information content (AvgIpc) is 2.64. The van der Waals surface area contributed by atoms with Crippen molar-refractivity contribution >= 4 is 0 Å². The fourth-order valence-corrected chi connectivity index (χ4v) is 2.49. The van der Waals surface area contributed by atoms with Gasteiger partial charge >= 0.3 is 0 Å². The molecule has 1 N–H and O–H groups in total. The minimum absolute atomic E-state index is 0.0255. The summed E-state index contributed by atoms with van der Waals surface area (Å²) < 4.78 is 6.12. The lowest BCUT2D eigenvalue weighted by Gasteiger charge is -2.39. The Morgan fingerprint density at radius 2 is 2.13 bits per heavy atom. The standard InChI is InChI=1S/C13H17NO/c1-13(8-14-9-13)15-12-7-3-5-10-4-2-6-11(10)12/h3,5,7,14H,2,4,6,8-9H2,1H3. The van der Waals surface area contributed by atoms with Gasteiger partial charge in [0, 0.05) is 13.1 Å². The Hall–Kier alpha value is -1.02. The Balaban J connectivity index is 1.89. The van der Waals surface area contributed by atoms with E-state index in [-0.39, 0.29) is 5.60 Å². The van der Waals surface area contributed by atoms with E-state index >= 15 is 0 Å². The first-order valence-electron chi connectivity index (χ1n) is 5.77. The molecule has 1 aromatic rings. The molecule has 0 radical (unpaired) electrons. The van der Waals surface area contributed by atoms with Gasteiger partial charge in [0.1, 0.15) is 11.4 Å². The van der Waals surface area contributed by atoms with Gasteiger partial charge in [0.15, 0.2) is 0 Å². The fourth-order valence-electron chi connectivity index (χ4n) is 2.49. The summed E-state index contributed by atoms with van der Waals surface area (Å²) in [5, 5.41) is 3.26. The van der Waals surface area contributed by atoms with Crippen LogP contribution in [0.5, 0.6) is 5.75 Å². The molecule has 80 valence electrons. The highest BCUT2D eigenvalue weighted by atomic mass is 16.5. The summed E-state index contributed by atoms with van der Waals surface area (Å²) in [5.41, 5.74) is 2.96. The van der Waals surface area contributed by atoms with Crippen molar-refractivity contribution in [1.29, 1.82) is 0 Å². The zero-order valence-electron chi connectivity index (χ0n) is 9.18. The van der Waals surface area contributed by atoms with Crippen LogP contribution in [0.2, 0.25) is 0 Å². The van der Waals surface area contributed by atoms with Crippen LogP contribution < -0.4 is 10.1 Å². The molecule has 1 aliphatic heterocycles. The van der Waals surface area contributed by atoms with Gasteiger partial charge in [-0.3, -0.25) is 0 Å². The van der Waals surface area contributed by atoms with E-state index in [9.17, 15) is 0 Å². The molecule has 1 saturated heterocycles. The summed E-state index contributed by atoms with van der Waals surface area (Å²) >= 11 is 0. The second-order valence-electron chi connectivity index (χ2n) is 4.90. The van der Waals surface area contributed by atoms with Crippen molar-refractivity contribution in [1.82, 2.24) is 5.32 Å². The minimum atomic E-state index is 0.0255. The summed E-state index contributed by atoms with van der Waals surface area (Å²) in [6.45, 7) is 4.12. The molecule has 0 spiro atoms. The molecule has 15 heavy (non-hydrogen) atoms. The maximum absolute atomic E-state index is 6.12. The van der Waals surface area contributed by atoms with E-state index in [0.717, 1.165) is 18.8 Å². The van der Waals surface area contributed by atoms with Crippen LogP contribution in [0, 0.1) is 0 Å². The molecule has 1 heterocycles. The summed E-state index contributed by atoms with van der Waals surface area (Å²) in [6, 6.07) is 6.47. The maximum Gasteiger partial charge on any atom is 0.131 e. The van der Waals surface area contributed by atoms with Gasteiger partial charge in [-0.15, -0.1) is 0 Å². The predicted octanol–water partition coefficient (Wildman–Crippen LogP) is 1.92. The normalized spacial score (nSPS) is 21.9. The second kappa shape index (κ2) is 3.24. The van der Waals surface area contributed by atoms with E-state index in [2.05, 4.69) is 30.4 Å². The highest BCUT2D eigenvalue weighted by molar-refractivity contribution is 5.43. The second-order valence-corrected chi connectivity index (χ2v) is 4.90. The quantitative estimate of drug-likeness (QED) is 0.793. The maximum atomic E-state index is 6.12. The van der Waals surface area contributed by atoms with Crippen molar-refractivity contribution < 1.29 is 4.74 Å². The van der Waals surface area contributed by atoms with Gasteiger partial charge in [-0.1, -0.05) is 12.1 Å². The number of aryl methyl sites for hydroxylation is 1. The third-order valence-electron chi connectivity index (χ3n) is 3.46. The Morgan fingerprint density at radius 3 is 2.87 bits per heavy atom. The molecule has 0 amide bonds. The monoisotopic (exact) mass is 203 g/mol. The predicted molar refractivity (Wildman–Crippen MR) is 60.4 cm³/mol. The molecule has 2 heteroatoms. The van der Waals surface area contributed by atoms with Gasteiger partial charge in [-0.25, -0.2) is 0 Å². The lowest BCUT2D eigenvalue weighted by Crippen LogP contribution is -2.61. The van der Waals surface area contributed by atoms with Gasteiger partial charge in [-0.05, 0) is 43.4 Å². The zero-order chi connectivity index (χ0) is 10.3. The molecule has 1 aromatic carbocycles. The topological polar surface area (TPSA) is 21.3 Å². The van der Waals surface area contributed by atoms with Gasteiger partial charge in [0.2, 0.25) is 0 Å². The molecule has 0 bridgehead atoms. The average molecular weight is 203 g/mol. The summed E-state index contributed by atoms with van der Waals surface area (Å²) in [5.74, 6) is 1.12. The number of nitrogens with one attached hydrogen (secondary N) is 1. The van der Waals surface area contributed by atoms with Crippen molar-refractivity contribution in [3.8, 4) is 5.75 Å². The lowest BCUT2D eigenvalue weighted by molar-refractivity contribution is 0.0340. The van der Waals surface area contributed by atoms with Gasteiger partial charge < -0.3 is 10.1 Å². The van der Waals surface area contributed by atoms with Crippen LogP contribution in [0.3, 0.4) is 0 Å². The molecule has 1 fully saturated rings. The summed E-state index contributed by atoms with van der Waals surface area (Å²) in [7, 11) is 0. The Bertz CT molecular complexity index is 382. The largest absolute Gasteiger partial charge is 0.485 e. The molecular weight excluding hydrogens is 186 g/mol. The van der Waals surface area contributed by atoms with Crippen molar-refractivity contribution in [2.24, 2.45) is 0 Å². The summed E-state index contributed by atoms with van der Waals surface area (Å²) in [6.07, 6.45) is 3.70. The van der Waals surface area contributed by atoms with Gasteiger partial charge in [0.05, 0.1) is 0 Å². The van der Waals surface area contributed by atoms with Crippen LogP contribution in [-0.4, -0.2) is 18.7 Å². The highest BCUT2D eigenvalue weighted by Crippen LogP contribution is 2.33. The molecular formula is C13H17NO. The molecule has 3 rings (SSSR count). The van der Waals surface area contributed by atoms with Gasteiger partial charge in [-0.2, -0.15) is 0 Å². The number of rotatable bonds is 2. The summed E-state index contributed by atoms with van der Waals surface area (Å²) in [4.78, 5) is 0. The molecule has 0 aromatic heterocycles. The first-order chi connectivity index (χ1) is 7.27. The first kappa shape index (κ1) is 9.22. The molecule has 0 saturated carbocycles.